The van der Waals surface area contributed by atoms with Crippen LogP contribution in [0.3, 0.4) is 0 Å². The molecule has 0 saturated heterocycles. The summed E-state index contributed by atoms with van der Waals surface area (Å²) in [5.74, 6) is 1.43. The van der Waals surface area contributed by atoms with Crippen LogP contribution in [0, 0.1) is 25.2 Å². The zero-order valence-corrected chi connectivity index (χ0v) is 12.1. The number of hydrogen-bond donors (Lipinski definition) is 2. The molecule has 4 heteroatoms. The van der Waals surface area contributed by atoms with Gasteiger partial charge in [0.05, 0.1) is 13.7 Å². The maximum Gasteiger partial charge on any atom is 0.128 e. The Labute approximate surface area is 115 Å². The molecular weight excluding hydrogens is 240 g/mol. The number of aromatic nitrogens is 1. The van der Waals surface area contributed by atoms with Gasteiger partial charge < -0.3 is 15.6 Å². The predicted molar refractivity (Wildman–Crippen MR) is 75.3 cm³/mol. The molecule has 2 rings (SSSR count). The van der Waals surface area contributed by atoms with E-state index in [-0.39, 0.29) is 12.0 Å². The fraction of sp³-hybridized carbons (Fsp3) is 0.667. The molecule has 4 nitrogen and oxygen atoms in total. The fourth-order valence-electron chi connectivity index (χ4n) is 2.91. The molecule has 0 bridgehead atoms. The van der Waals surface area contributed by atoms with E-state index in [0.29, 0.717) is 12.5 Å². The van der Waals surface area contributed by atoms with E-state index < -0.39 is 0 Å². The van der Waals surface area contributed by atoms with Crippen molar-refractivity contribution < 1.29 is 9.84 Å². The van der Waals surface area contributed by atoms with Crippen LogP contribution in [0.4, 0.5) is 0 Å². The highest BCUT2D eigenvalue weighted by atomic mass is 16.5. The summed E-state index contributed by atoms with van der Waals surface area (Å²) in [6.45, 7) is 4.66. The van der Waals surface area contributed by atoms with Crippen molar-refractivity contribution >= 4 is 0 Å². The van der Waals surface area contributed by atoms with E-state index in [1.54, 1.807) is 7.11 Å². The number of aliphatic hydroxyl groups excluding tert-OH is 1. The Hall–Kier alpha value is -1.13. The Balaban J connectivity index is 2.32. The smallest absolute Gasteiger partial charge is 0.128 e. The standard InChI is InChI=1S/C15H24N2O2/c1-10-7-17-13(11(2)14(10)19-3)6-15(8-16,9-18)12-4-5-12/h7,12,18H,4-6,8-9,16H2,1-3H3. The molecule has 1 saturated carbocycles. The predicted octanol–water partition coefficient (Wildman–Crippen LogP) is 1.60. The second-order valence-electron chi connectivity index (χ2n) is 5.72. The molecule has 0 radical (unpaired) electrons. The van der Waals surface area contributed by atoms with E-state index in [1.165, 1.54) is 12.8 Å². The molecule has 0 aromatic carbocycles. The number of hydrogen-bond acceptors (Lipinski definition) is 4. The second kappa shape index (κ2) is 5.47. The average molecular weight is 264 g/mol. The highest BCUT2D eigenvalue weighted by Crippen LogP contribution is 2.47. The number of methoxy groups -OCH3 is 1. The van der Waals surface area contributed by atoms with Crippen LogP contribution < -0.4 is 10.5 Å². The van der Waals surface area contributed by atoms with Gasteiger partial charge in [0.25, 0.3) is 0 Å². The van der Waals surface area contributed by atoms with Crippen molar-refractivity contribution in [1.29, 1.82) is 0 Å². The second-order valence-corrected chi connectivity index (χ2v) is 5.72. The highest BCUT2D eigenvalue weighted by molar-refractivity contribution is 5.41. The number of aliphatic hydroxyl groups is 1. The SMILES string of the molecule is COc1c(C)cnc(CC(CN)(CO)C2CC2)c1C. The number of pyridine rings is 1. The lowest BCUT2D eigenvalue weighted by molar-refractivity contribution is 0.107. The molecule has 1 atom stereocenters. The Morgan fingerprint density at radius 2 is 2.16 bits per heavy atom. The number of ether oxygens (including phenoxy) is 1. The Kier molecular flexibility index (Phi) is 4.11. The summed E-state index contributed by atoms with van der Waals surface area (Å²) in [7, 11) is 1.68. The Morgan fingerprint density at radius 1 is 1.47 bits per heavy atom. The van der Waals surface area contributed by atoms with Crippen LogP contribution in [0.1, 0.15) is 29.7 Å². The van der Waals surface area contributed by atoms with Gasteiger partial charge in [-0.25, -0.2) is 0 Å². The minimum absolute atomic E-state index is 0.130. The first-order valence-electron chi connectivity index (χ1n) is 6.88. The van der Waals surface area contributed by atoms with Gasteiger partial charge in [0.1, 0.15) is 5.75 Å². The molecule has 1 aliphatic rings. The van der Waals surface area contributed by atoms with Gasteiger partial charge in [-0.2, -0.15) is 0 Å². The molecule has 106 valence electrons. The van der Waals surface area contributed by atoms with Crippen LogP contribution in [-0.2, 0) is 6.42 Å². The third-order valence-electron chi connectivity index (χ3n) is 4.43. The maximum atomic E-state index is 9.78. The van der Waals surface area contributed by atoms with E-state index in [2.05, 4.69) is 4.98 Å². The van der Waals surface area contributed by atoms with Gasteiger partial charge in [-0.1, -0.05) is 0 Å². The molecule has 0 aliphatic heterocycles. The molecule has 1 unspecified atom stereocenters. The summed E-state index contributed by atoms with van der Waals surface area (Å²) < 4.78 is 5.44. The summed E-state index contributed by atoms with van der Waals surface area (Å²) in [4.78, 5) is 4.53. The largest absolute Gasteiger partial charge is 0.496 e. The van der Waals surface area contributed by atoms with Crippen molar-refractivity contribution in [1.82, 2.24) is 4.98 Å². The number of rotatable bonds is 6. The van der Waals surface area contributed by atoms with Gasteiger partial charge >= 0.3 is 0 Å². The average Bonchev–Trinajstić information content (AvgIpc) is 3.24. The minimum atomic E-state index is -0.210. The number of aryl methyl sites for hydroxylation is 1. The van der Waals surface area contributed by atoms with Gasteiger partial charge in [-0.15, -0.1) is 0 Å². The first-order valence-corrected chi connectivity index (χ1v) is 6.88. The zero-order chi connectivity index (χ0) is 14.0. The van der Waals surface area contributed by atoms with Gasteiger partial charge in [-0.3, -0.25) is 4.98 Å². The Bertz CT molecular complexity index is 452. The van der Waals surface area contributed by atoms with Crippen molar-refractivity contribution in [3.8, 4) is 5.75 Å². The highest BCUT2D eigenvalue weighted by Gasteiger charge is 2.44. The molecule has 1 fully saturated rings. The first kappa shape index (κ1) is 14.3. The summed E-state index contributed by atoms with van der Waals surface area (Å²) in [6, 6.07) is 0. The molecule has 1 aromatic heterocycles. The Morgan fingerprint density at radius 3 is 2.63 bits per heavy atom. The van der Waals surface area contributed by atoms with Crippen molar-refractivity contribution in [2.75, 3.05) is 20.3 Å². The van der Waals surface area contributed by atoms with Crippen LogP contribution in [0.5, 0.6) is 5.75 Å². The first-order chi connectivity index (χ1) is 9.07. The van der Waals surface area contributed by atoms with Gasteiger partial charge in [0.2, 0.25) is 0 Å². The van der Waals surface area contributed by atoms with E-state index in [9.17, 15) is 5.11 Å². The molecule has 0 spiro atoms. The van der Waals surface area contributed by atoms with E-state index in [4.69, 9.17) is 10.5 Å². The van der Waals surface area contributed by atoms with Crippen LogP contribution in [0.2, 0.25) is 0 Å². The third-order valence-corrected chi connectivity index (χ3v) is 4.43. The quantitative estimate of drug-likeness (QED) is 0.819. The van der Waals surface area contributed by atoms with Gasteiger partial charge in [0.15, 0.2) is 0 Å². The monoisotopic (exact) mass is 264 g/mol. The van der Waals surface area contributed by atoms with E-state index >= 15 is 0 Å². The van der Waals surface area contributed by atoms with Crippen molar-refractivity contribution in [3.05, 3.63) is 23.0 Å². The maximum absolute atomic E-state index is 9.78. The summed E-state index contributed by atoms with van der Waals surface area (Å²) in [6.07, 6.45) is 4.90. The fourth-order valence-corrected chi connectivity index (χ4v) is 2.91. The third kappa shape index (κ3) is 2.60. The lowest BCUT2D eigenvalue weighted by atomic mass is 9.78. The van der Waals surface area contributed by atoms with Crippen molar-refractivity contribution in [2.24, 2.45) is 17.1 Å². The minimum Gasteiger partial charge on any atom is -0.496 e. The lowest BCUT2D eigenvalue weighted by Crippen LogP contribution is -2.39. The lowest BCUT2D eigenvalue weighted by Gasteiger charge is -2.31. The van der Waals surface area contributed by atoms with Crippen LogP contribution in [0.15, 0.2) is 6.20 Å². The van der Waals surface area contributed by atoms with Crippen LogP contribution in [-0.4, -0.2) is 30.4 Å². The topological polar surface area (TPSA) is 68.4 Å². The summed E-state index contributed by atoms with van der Waals surface area (Å²) in [5.41, 5.74) is 8.83. The molecule has 0 amide bonds. The van der Waals surface area contributed by atoms with Crippen molar-refractivity contribution in [2.45, 2.75) is 33.1 Å². The number of nitrogens with two attached hydrogens (primary N) is 1. The van der Waals surface area contributed by atoms with Gasteiger partial charge in [-0.05, 0) is 39.0 Å². The molecule has 1 heterocycles. The normalized spacial score (nSPS) is 18.2. The van der Waals surface area contributed by atoms with E-state index in [1.807, 2.05) is 20.0 Å². The molecule has 1 aliphatic carbocycles. The molecular formula is C15H24N2O2. The zero-order valence-electron chi connectivity index (χ0n) is 12.1. The summed E-state index contributed by atoms with van der Waals surface area (Å²) in [5, 5.41) is 9.78. The number of nitrogens with zero attached hydrogens (tertiary/aromatic N) is 1. The van der Waals surface area contributed by atoms with Gasteiger partial charge in [0, 0.05) is 35.0 Å². The molecule has 19 heavy (non-hydrogen) atoms. The summed E-state index contributed by atoms with van der Waals surface area (Å²) >= 11 is 0. The molecule has 3 N–H and O–H groups in total. The van der Waals surface area contributed by atoms with Crippen molar-refractivity contribution in [3.63, 3.8) is 0 Å². The van der Waals surface area contributed by atoms with Crippen LogP contribution in [0.25, 0.3) is 0 Å². The molecule has 1 aromatic rings. The van der Waals surface area contributed by atoms with Crippen LogP contribution >= 0.6 is 0 Å². The van der Waals surface area contributed by atoms with E-state index in [0.717, 1.165) is 29.0 Å².